The second-order valence-electron chi connectivity index (χ2n) is 8.70. The van der Waals surface area contributed by atoms with E-state index in [4.69, 9.17) is 5.26 Å². The first-order chi connectivity index (χ1) is 15.9. The summed E-state index contributed by atoms with van der Waals surface area (Å²) in [5.41, 5.74) is 4.81. The van der Waals surface area contributed by atoms with Gasteiger partial charge in [0, 0.05) is 36.0 Å². The lowest BCUT2D eigenvalue weighted by Crippen LogP contribution is -2.45. The molecule has 0 aliphatic carbocycles. The number of aliphatic hydroxyl groups is 1. The average Bonchev–Trinajstić information content (AvgIpc) is 3.27. The summed E-state index contributed by atoms with van der Waals surface area (Å²) in [5.74, 6) is -0.0156. The number of hydrogen-bond donors (Lipinski definition) is 1. The zero-order chi connectivity index (χ0) is 23.0. The first-order valence-corrected chi connectivity index (χ1v) is 10.9. The van der Waals surface area contributed by atoms with Gasteiger partial charge in [-0.15, -0.1) is 0 Å². The Morgan fingerprint density at radius 3 is 2.33 bits per heavy atom. The molecule has 1 N–H and O–H groups in total. The van der Waals surface area contributed by atoms with Gasteiger partial charge in [0.05, 0.1) is 41.0 Å². The molecule has 0 radical (unpaired) electrons. The molecule has 5 rings (SSSR count). The molecule has 4 aromatic rings. The van der Waals surface area contributed by atoms with Crippen molar-refractivity contribution < 1.29 is 9.90 Å². The molecule has 1 fully saturated rings. The molecule has 1 saturated heterocycles. The summed E-state index contributed by atoms with van der Waals surface area (Å²) >= 11 is 0. The molecule has 7 nitrogen and oxygen atoms in total. The second-order valence-corrected chi connectivity index (χ2v) is 8.70. The van der Waals surface area contributed by atoms with Crippen LogP contribution in [0.25, 0.3) is 28.2 Å². The van der Waals surface area contributed by atoms with E-state index in [2.05, 4.69) is 16.0 Å². The minimum Gasteiger partial charge on any atom is -0.390 e. The molecule has 0 atom stereocenters. The summed E-state index contributed by atoms with van der Waals surface area (Å²) in [6.07, 6.45) is 6.63. The Hall–Kier alpha value is -4.02. The SMILES string of the molecule is CC1(O)CCN(C(=O)c2ccc(-c3cn4c(-c5ccc(C#N)cc5)cnc4cn3)cc2)CC1. The summed E-state index contributed by atoms with van der Waals surface area (Å²) < 4.78 is 1.97. The summed E-state index contributed by atoms with van der Waals surface area (Å²) in [6.45, 7) is 2.94. The highest BCUT2D eigenvalue weighted by molar-refractivity contribution is 5.94. The summed E-state index contributed by atoms with van der Waals surface area (Å²) in [6, 6.07) is 17.0. The molecular weight excluding hydrogens is 414 g/mol. The summed E-state index contributed by atoms with van der Waals surface area (Å²) in [7, 11) is 0. The summed E-state index contributed by atoms with van der Waals surface area (Å²) in [5, 5.41) is 19.2. The van der Waals surface area contributed by atoms with Crippen molar-refractivity contribution in [3.8, 4) is 28.6 Å². The number of carbonyl (C=O) groups is 1. The van der Waals surface area contributed by atoms with E-state index < -0.39 is 5.60 Å². The van der Waals surface area contributed by atoms with E-state index in [1.807, 2.05) is 53.9 Å². The third-order valence-corrected chi connectivity index (χ3v) is 6.26. The van der Waals surface area contributed by atoms with Crippen LogP contribution in [0, 0.1) is 11.3 Å². The average molecular weight is 438 g/mol. The monoisotopic (exact) mass is 437 g/mol. The molecule has 0 bridgehead atoms. The molecule has 7 heteroatoms. The van der Waals surface area contributed by atoms with Crippen LogP contribution in [0.2, 0.25) is 0 Å². The van der Waals surface area contributed by atoms with Gasteiger partial charge in [-0.05, 0) is 44.0 Å². The Bertz CT molecular complexity index is 1350. The number of fused-ring (bicyclic) bond motifs is 1. The van der Waals surface area contributed by atoms with Crippen LogP contribution in [-0.2, 0) is 0 Å². The van der Waals surface area contributed by atoms with E-state index in [-0.39, 0.29) is 5.91 Å². The number of nitriles is 1. The highest BCUT2D eigenvalue weighted by Crippen LogP contribution is 2.26. The van der Waals surface area contributed by atoms with Crippen molar-refractivity contribution >= 4 is 11.6 Å². The van der Waals surface area contributed by atoms with Crippen molar-refractivity contribution in [2.24, 2.45) is 0 Å². The van der Waals surface area contributed by atoms with Gasteiger partial charge in [0.25, 0.3) is 5.91 Å². The Balaban J connectivity index is 1.40. The Morgan fingerprint density at radius 1 is 1.00 bits per heavy atom. The normalized spacial score (nSPS) is 15.4. The first kappa shape index (κ1) is 20.9. The van der Waals surface area contributed by atoms with E-state index >= 15 is 0 Å². The molecule has 2 aromatic heterocycles. The highest BCUT2D eigenvalue weighted by Gasteiger charge is 2.29. The largest absolute Gasteiger partial charge is 0.390 e. The molecule has 2 aromatic carbocycles. The number of aromatic nitrogens is 3. The van der Waals surface area contributed by atoms with Crippen LogP contribution >= 0.6 is 0 Å². The number of nitrogens with zero attached hydrogens (tertiary/aromatic N) is 5. The zero-order valence-electron chi connectivity index (χ0n) is 18.3. The van der Waals surface area contributed by atoms with Crippen LogP contribution in [0.4, 0.5) is 0 Å². The van der Waals surface area contributed by atoms with Gasteiger partial charge >= 0.3 is 0 Å². The quantitative estimate of drug-likeness (QED) is 0.524. The minimum atomic E-state index is -0.686. The lowest BCUT2D eigenvalue weighted by Gasteiger charge is -2.35. The Labute approximate surface area is 191 Å². The zero-order valence-corrected chi connectivity index (χ0v) is 18.3. The Kier molecular flexibility index (Phi) is 5.15. The van der Waals surface area contributed by atoms with Gasteiger partial charge in [0.1, 0.15) is 0 Å². The molecule has 0 saturated carbocycles. The third-order valence-electron chi connectivity index (χ3n) is 6.26. The Morgan fingerprint density at radius 2 is 1.67 bits per heavy atom. The molecule has 1 aliphatic rings. The summed E-state index contributed by atoms with van der Waals surface area (Å²) in [4.78, 5) is 23.6. The van der Waals surface area contributed by atoms with Crippen molar-refractivity contribution in [3.63, 3.8) is 0 Å². The van der Waals surface area contributed by atoms with Gasteiger partial charge in [-0.3, -0.25) is 14.2 Å². The van der Waals surface area contributed by atoms with Gasteiger partial charge in [0.15, 0.2) is 5.65 Å². The first-order valence-electron chi connectivity index (χ1n) is 10.9. The van der Waals surface area contributed by atoms with E-state index in [0.717, 1.165) is 28.2 Å². The maximum Gasteiger partial charge on any atom is 0.253 e. The third kappa shape index (κ3) is 4.09. The number of rotatable bonds is 3. The molecule has 3 heterocycles. The van der Waals surface area contributed by atoms with Gasteiger partial charge in [-0.2, -0.15) is 5.26 Å². The predicted octanol–water partition coefficient (Wildman–Crippen LogP) is 3.92. The van der Waals surface area contributed by atoms with Crippen LogP contribution in [0.3, 0.4) is 0 Å². The van der Waals surface area contributed by atoms with Crippen LogP contribution in [0.1, 0.15) is 35.7 Å². The smallest absolute Gasteiger partial charge is 0.253 e. The standard InChI is InChI=1S/C26H23N5O2/c1-26(33)10-12-30(13-11-26)25(32)21-8-6-19(7-9-21)22-17-31-23(15-29-24(31)16-28-22)20-4-2-18(14-27)3-5-20/h2-9,15-17,33H,10-13H2,1H3. The number of amides is 1. The maximum absolute atomic E-state index is 12.8. The van der Waals surface area contributed by atoms with Crippen molar-refractivity contribution in [2.75, 3.05) is 13.1 Å². The molecule has 164 valence electrons. The van der Waals surface area contributed by atoms with Gasteiger partial charge in [-0.25, -0.2) is 4.98 Å². The van der Waals surface area contributed by atoms with Crippen molar-refractivity contribution in [1.29, 1.82) is 5.26 Å². The van der Waals surface area contributed by atoms with Gasteiger partial charge < -0.3 is 10.0 Å². The van der Waals surface area contributed by atoms with Crippen LogP contribution in [0.5, 0.6) is 0 Å². The predicted molar refractivity (Wildman–Crippen MR) is 124 cm³/mol. The lowest BCUT2D eigenvalue weighted by molar-refractivity contribution is -0.00202. The molecule has 33 heavy (non-hydrogen) atoms. The number of carbonyl (C=O) groups excluding carboxylic acids is 1. The minimum absolute atomic E-state index is 0.0156. The number of likely N-dealkylation sites (tertiary alicyclic amines) is 1. The van der Waals surface area contributed by atoms with Crippen molar-refractivity contribution in [2.45, 2.75) is 25.4 Å². The topological polar surface area (TPSA) is 94.5 Å². The molecular formula is C26H23N5O2. The van der Waals surface area contributed by atoms with Crippen LogP contribution in [0.15, 0.2) is 67.1 Å². The van der Waals surface area contributed by atoms with E-state index in [1.54, 1.807) is 29.4 Å². The fraction of sp³-hybridized carbons (Fsp3) is 0.231. The number of benzene rings is 2. The highest BCUT2D eigenvalue weighted by atomic mass is 16.3. The van der Waals surface area contributed by atoms with Gasteiger partial charge in [-0.1, -0.05) is 24.3 Å². The van der Waals surface area contributed by atoms with E-state index in [0.29, 0.717) is 37.1 Å². The molecule has 0 spiro atoms. The lowest BCUT2D eigenvalue weighted by atomic mass is 9.93. The second kappa shape index (κ2) is 8.15. The number of piperidine rings is 1. The number of hydrogen-bond acceptors (Lipinski definition) is 5. The van der Waals surface area contributed by atoms with Crippen molar-refractivity contribution in [3.05, 3.63) is 78.2 Å². The molecule has 1 aliphatic heterocycles. The molecule has 0 unspecified atom stereocenters. The van der Waals surface area contributed by atoms with Crippen LogP contribution in [-0.4, -0.2) is 49.0 Å². The number of imidazole rings is 1. The van der Waals surface area contributed by atoms with E-state index in [9.17, 15) is 9.90 Å². The fourth-order valence-corrected chi connectivity index (χ4v) is 4.13. The maximum atomic E-state index is 12.8. The van der Waals surface area contributed by atoms with E-state index in [1.165, 1.54) is 0 Å². The van der Waals surface area contributed by atoms with Gasteiger partial charge in [0.2, 0.25) is 0 Å². The fourth-order valence-electron chi connectivity index (χ4n) is 4.13. The van der Waals surface area contributed by atoms with Crippen molar-refractivity contribution in [1.82, 2.24) is 19.3 Å². The van der Waals surface area contributed by atoms with Crippen LogP contribution < -0.4 is 0 Å². The molecule has 1 amide bonds.